The van der Waals surface area contributed by atoms with Crippen LogP contribution in [0.3, 0.4) is 0 Å². The third-order valence-electron chi connectivity index (χ3n) is 3.06. The van der Waals surface area contributed by atoms with E-state index >= 15 is 0 Å². The van der Waals surface area contributed by atoms with Gasteiger partial charge in [0.1, 0.15) is 11.6 Å². The Morgan fingerprint density at radius 3 is 2.56 bits per heavy atom. The third-order valence-corrected chi connectivity index (χ3v) is 3.06. The van der Waals surface area contributed by atoms with Crippen LogP contribution in [0.1, 0.15) is 30.3 Å². The molecule has 0 unspecified atom stereocenters. The standard InChI is InChI=1S/C12H20N4/c1-9-14-11(8-12(15-9)16(2)3)10-4-6-13-7-5-10/h8,10,13H,4-7H2,1-3H3. The van der Waals surface area contributed by atoms with Gasteiger partial charge in [-0.2, -0.15) is 0 Å². The summed E-state index contributed by atoms with van der Waals surface area (Å²) in [5.74, 6) is 2.49. The molecule has 88 valence electrons. The fourth-order valence-electron chi connectivity index (χ4n) is 2.13. The number of hydrogen-bond acceptors (Lipinski definition) is 4. The molecule has 2 heterocycles. The molecule has 1 saturated heterocycles. The summed E-state index contributed by atoms with van der Waals surface area (Å²) in [7, 11) is 4.04. The molecule has 1 N–H and O–H groups in total. The van der Waals surface area contributed by atoms with Crippen LogP contribution in [0.2, 0.25) is 0 Å². The molecule has 4 nitrogen and oxygen atoms in total. The van der Waals surface area contributed by atoms with Gasteiger partial charge in [-0.15, -0.1) is 0 Å². The minimum atomic E-state index is 0.599. The minimum Gasteiger partial charge on any atom is -0.363 e. The van der Waals surface area contributed by atoms with Crippen molar-refractivity contribution in [2.75, 3.05) is 32.1 Å². The zero-order chi connectivity index (χ0) is 11.5. The van der Waals surface area contributed by atoms with Crippen LogP contribution in [0.4, 0.5) is 5.82 Å². The van der Waals surface area contributed by atoms with Crippen molar-refractivity contribution in [1.29, 1.82) is 0 Å². The quantitative estimate of drug-likeness (QED) is 0.816. The highest BCUT2D eigenvalue weighted by Gasteiger charge is 2.17. The molecule has 0 bridgehead atoms. The van der Waals surface area contributed by atoms with Gasteiger partial charge in [0.05, 0.1) is 0 Å². The number of nitrogens with zero attached hydrogens (tertiary/aromatic N) is 3. The van der Waals surface area contributed by atoms with Crippen molar-refractivity contribution in [2.24, 2.45) is 0 Å². The van der Waals surface area contributed by atoms with Gasteiger partial charge in [0, 0.05) is 31.8 Å². The summed E-state index contributed by atoms with van der Waals surface area (Å²) < 4.78 is 0. The lowest BCUT2D eigenvalue weighted by Gasteiger charge is -2.23. The molecular formula is C12H20N4. The monoisotopic (exact) mass is 220 g/mol. The van der Waals surface area contributed by atoms with Gasteiger partial charge in [-0.05, 0) is 32.9 Å². The van der Waals surface area contributed by atoms with E-state index in [0.29, 0.717) is 5.92 Å². The van der Waals surface area contributed by atoms with E-state index in [4.69, 9.17) is 0 Å². The lowest BCUT2D eigenvalue weighted by molar-refractivity contribution is 0.452. The maximum atomic E-state index is 4.57. The van der Waals surface area contributed by atoms with Gasteiger partial charge in [0.25, 0.3) is 0 Å². The lowest BCUT2D eigenvalue weighted by Crippen LogP contribution is -2.27. The van der Waals surface area contributed by atoms with Gasteiger partial charge in [0.2, 0.25) is 0 Å². The normalized spacial score (nSPS) is 17.4. The smallest absolute Gasteiger partial charge is 0.132 e. The van der Waals surface area contributed by atoms with Crippen LogP contribution in [-0.4, -0.2) is 37.2 Å². The van der Waals surface area contributed by atoms with Crippen LogP contribution in [0.25, 0.3) is 0 Å². The van der Waals surface area contributed by atoms with E-state index in [1.807, 2.05) is 25.9 Å². The van der Waals surface area contributed by atoms with E-state index in [2.05, 4.69) is 21.4 Å². The van der Waals surface area contributed by atoms with Crippen molar-refractivity contribution in [1.82, 2.24) is 15.3 Å². The fourth-order valence-corrected chi connectivity index (χ4v) is 2.13. The Balaban J connectivity index is 2.25. The molecule has 1 aliphatic heterocycles. The van der Waals surface area contributed by atoms with Crippen LogP contribution in [0, 0.1) is 6.92 Å². The van der Waals surface area contributed by atoms with E-state index in [1.54, 1.807) is 0 Å². The molecule has 1 aliphatic rings. The summed E-state index contributed by atoms with van der Waals surface area (Å²) in [5, 5.41) is 3.38. The largest absolute Gasteiger partial charge is 0.363 e. The van der Waals surface area contributed by atoms with Crippen molar-refractivity contribution in [2.45, 2.75) is 25.7 Å². The minimum absolute atomic E-state index is 0.599. The Bertz CT molecular complexity index is 356. The Morgan fingerprint density at radius 2 is 1.94 bits per heavy atom. The van der Waals surface area contributed by atoms with Crippen LogP contribution in [-0.2, 0) is 0 Å². The highest BCUT2D eigenvalue weighted by Crippen LogP contribution is 2.25. The second-order valence-electron chi connectivity index (χ2n) is 4.62. The molecule has 2 rings (SSSR count). The zero-order valence-electron chi connectivity index (χ0n) is 10.3. The number of hydrogen-bond donors (Lipinski definition) is 1. The molecule has 0 radical (unpaired) electrons. The topological polar surface area (TPSA) is 41.1 Å². The number of aryl methyl sites for hydroxylation is 1. The van der Waals surface area contributed by atoms with Gasteiger partial charge in [-0.1, -0.05) is 0 Å². The summed E-state index contributed by atoms with van der Waals surface area (Å²) in [6.45, 7) is 4.17. The average molecular weight is 220 g/mol. The summed E-state index contributed by atoms with van der Waals surface area (Å²) >= 11 is 0. The first-order valence-corrected chi connectivity index (χ1v) is 5.90. The molecule has 0 spiro atoms. The Hall–Kier alpha value is -1.16. The summed E-state index contributed by atoms with van der Waals surface area (Å²) in [6.07, 6.45) is 2.37. The molecule has 0 atom stereocenters. The predicted octanol–water partition coefficient (Wildman–Crippen LogP) is 1.32. The van der Waals surface area contributed by atoms with Crippen molar-refractivity contribution >= 4 is 5.82 Å². The first-order chi connectivity index (χ1) is 7.66. The average Bonchev–Trinajstić information content (AvgIpc) is 2.29. The number of aromatic nitrogens is 2. The number of anilines is 1. The van der Waals surface area contributed by atoms with Crippen LogP contribution >= 0.6 is 0 Å². The van der Waals surface area contributed by atoms with Crippen molar-refractivity contribution in [3.8, 4) is 0 Å². The molecule has 0 saturated carbocycles. The van der Waals surface area contributed by atoms with E-state index in [-0.39, 0.29) is 0 Å². The summed E-state index contributed by atoms with van der Waals surface area (Å²) in [4.78, 5) is 11.0. The Kier molecular flexibility index (Phi) is 3.39. The molecule has 1 fully saturated rings. The highest BCUT2D eigenvalue weighted by molar-refractivity contribution is 5.38. The van der Waals surface area contributed by atoms with Gasteiger partial charge in [-0.25, -0.2) is 9.97 Å². The molecule has 0 amide bonds. The van der Waals surface area contributed by atoms with E-state index in [9.17, 15) is 0 Å². The van der Waals surface area contributed by atoms with E-state index < -0.39 is 0 Å². The second kappa shape index (κ2) is 4.78. The molecule has 1 aromatic heterocycles. The van der Waals surface area contributed by atoms with Gasteiger partial charge >= 0.3 is 0 Å². The van der Waals surface area contributed by atoms with Gasteiger partial charge in [0.15, 0.2) is 0 Å². The highest BCUT2D eigenvalue weighted by atomic mass is 15.1. The molecule has 16 heavy (non-hydrogen) atoms. The van der Waals surface area contributed by atoms with Crippen LogP contribution in [0.5, 0.6) is 0 Å². The number of rotatable bonds is 2. The van der Waals surface area contributed by atoms with Crippen molar-refractivity contribution in [3.63, 3.8) is 0 Å². The molecule has 1 aromatic rings. The van der Waals surface area contributed by atoms with Gasteiger partial charge in [-0.3, -0.25) is 0 Å². The predicted molar refractivity (Wildman–Crippen MR) is 65.9 cm³/mol. The first kappa shape index (κ1) is 11.3. The second-order valence-corrected chi connectivity index (χ2v) is 4.62. The Morgan fingerprint density at radius 1 is 1.25 bits per heavy atom. The van der Waals surface area contributed by atoms with Crippen LogP contribution in [0.15, 0.2) is 6.07 Å². The number of piperidine rings is 1. The van der Waals surface area contributed by atoms with Crippen LogP contribution < -0.4 is 10.2 Å². The van der Waals surface area contributed by atoms with E-state index in [0.717, 1.165) is 24.7 Å². The van der Waals surface area contributed by atoms with Crippen molar-refractivity contribution in [3.05, 3.63) is 17.6 Å². The maximum absolute atomic E-state index is 4.57. The zero-order valence-corrected chi connectivity index (χ0v) is 10.3. The molecule has 4 heteroatoms. The van der Waals surface area contributed by atoms with Crippen molar-refractivity contribution < 1.29 is 0 Å². The van der Waals surface area contributed by atoms with E-state index in [1.165, 1.54) is 18.5 Å². The first-order valence-electron chi connectivity index (χ1n) is 5.90. The fraction of sp³-hybridized carbons (Fsp3) is 0.667. The Labute approximate surface area is 97.1 Å². The number of nitrogens with one attached hydrogen (secondary N) is 1. The molecule has 0 aromatic carbocycles. The third kappa shape index (κ3) is 2.50. The maximum Gasteiger partial charge on any atom is 0.132 e. The summed E-state index contributed by atoms with van der Waals surface area (Å²) in [6, 6.07) is 2.13. The molecular weight excluding hydrogens is 200 g/mol. The SMILES string of the molecule is Cc1nc(C2CCNCC2)cc(N(C)C)n1. The lowest BCUT2D eigenvalue weighted by atomic mass is 9.94. The summed E-state index contributed by atoms with van der Waals surface area (Å²) in [5.41, 5.74) is 1.21. The van der Waals surface area contributed by atoms with Gasteiger partial charge < -0.3 is 10.2 Å². The molecule has 0 aliphatic carbocycles.